The SMILES string of the molecule is COC(=O)c1ccccc1NC(=O)CSc1nnc([C@H](C)NC(=O)c2ccccc2C)n1C. The molecule has 0 radical (unpaired) electrons. The quantitative estimate of drug-likeness (QED) is 0.386. The first-order chi connectivity index (χ1) is 15.8. The largest absolute Gasteiger partial charge is 0.465 e. The van der Waals surface area contributed by atoms with E-state index in [2.05, 4.69) is 20.8 Å². The van der Waals surface area contributed by atoms with E-state index in [1.807, 2.05) is 32.0 Å². The molecule has 2 N–H and O–H groups in total. The highest BCUT2D eigenvalue weighted by Gasteiger charge is 2.20. The molecular formula is C23H25N5O4S. The van der Waals surface area contributed by atoms with Gasteiger partial charge in [0.2, 0.25) is 5.91 Å². The van der Waals surface area contributed by atoms with Crippen molar-refractivity contribution >= 4 is 35.2 Å². The highest BCUT2D eigenvalue weighted by molar-refractivity contribution is 7.99. The zero-order valence-electron chi connectivity index (χ0n) is 18.8. The number of methoxy groups -OCH3 is 1. The normalized spacial score (nSPS) is 11.5. The first-order valence-corrected chi connectivity index (χ1v) is 11.2. The van der Waals surface area contributed by atoms with Gasteiger partial charge in [0.25, 0.3) is 5.91 Å². The van der Waals surface area contributed by atoms with Gasteiger partial charge < -0.3 is 19.9 Å². The van der Waals surface area contributed by atoms with Crippen molar-refractivity contribution in [1.29, 1.82) is 0 Å². The summed E-state index contributed by atoms with van der Waals surface area (Å²) < 4.78 is 6.48. The second-order valence-electron chi connectivity index (χ2n) is 7.28. The molecule has 0 aliphatic rings. The zero-order chi connectivity index (χ0) is 24.0. The number of anilines is 1. The number of para-hydroxylation sites is 1. The van der Waals surface area contributed by atoms with E-state index < -0.39 is 5.97 Å². The average Bonchev–Trinajstić information content (AvgIpc) is 3.18. The lowest BCUT2D eigenvalue weighted by atomic mass is 10.1. The number of aromatic nitrogens is 3. The topological polar surface area (TPSA) is 115 Å². The minimum atomic E-state index is -0.529. The van der Waals surface area contributed by atoms with Crippen LogP contribution in [0.4, 0.5) is 5.69 Å². The van der Waals surface area contributed by atoms with Gasteiger partial charge in [0.05, 0.1) is 30.2 Å². The van der Waals surface area contributed by atoms with Crippen LogP contribution in [0, 0.1) is 6.92 Å². The Kier molecular flexibility index (Phi) is 7.83. The molecule has 1 heterocycles. The van der Waals surface area contributed by atoms with Crippen LogP contribution in [0.25, 0.3) is 0 Å². The lowest BCUT2D eigenvalue weighted by molar-refractivity contribution is -0.113. The molecule has 0 aliphatic carbocycles. The minimum Gasteiger partial charge on any atom is -0.465 e. The number of ether oxygens (including phenoxy) is 1. The van der Waals surface area contributed by atoms with Gasteiger partial charge in [-0.3, -0.25) is 9.59 Å². The number of rotatable bonds is 8. The molecule has 0 saturated heterocycles. The van der Waals surface area contributed by atoms with E-state index in [0.29, 0.717) is 22.2 Å². The Bertz CT molecular complexity index is 1180. The number of hydrogen-bond acceptors (Lipinski definition) is 7. The zero-order valence-corrected chi connectivity index (χ0v) is 19.6. The molecule has 0 aliphatic heterocycles. The maximum Gasteiger partial charge on any atom is 0.339 e. The second kappa shape index (κ2) is 10.8. The fraction of sp³-hybridized carbons (Fsp3) is 0.261. The van der Waals surface area contributed by atoms with Gasteiger partial charge in [0.15, 0.2) is 11.0 Å². The Morgan fingerprint density at radius 1 is 1.06 bits per heavy atom. The number of carbonyl (C=O) groups is 3. The van der Waals surface area contributed by atoms with E-state index in [4.69, 9.17) is 4.74 Å². The summed E-state index contributed by atoms with van der Waals surface area (Å²) in [4.78, 5) is 36.9. The molecule has 3 aromatic rings. The fourth-order valence-corrected chi connectivity index (χ4v) is 3.91. The van der Waals surface area contributed by atoms with Crippen LogP contribution in [0.1, 0.15) is 45.1 Å². The molecule has 1 aromatic heterocycles. The monoisotopic (exact) mass is 467 g/mol. The number of nitrogens with zero attached hydrogens (tertiary/aromatic N) is 3. The maximum atomic E-state index is 12.6. The molecule has 0 unspecified atom stereocenters. The number of thioether (sulfide) groups is 1. The summed E-state index contributed by atoms with van der Waals surface area (Å²) in [5.41, 5.74) is 2.14. The Morgan fingerprint density at radius 3 is 2.42 bits per heavy atom. The van der Waals surface area contributed by atoms with Crippen molar-refractivity contribution in [2.75, 3.05) is 18.2 Å². The van der Waals surface area contributed by atoms with E-state index in [0.717, 1.165) is 5.56 Å². The summed E-state index contributed by atoms with van der Waals surface area (Å²) >= 11 is 1.20. The second-order valence-corrected chi connectivity index (χ2v) is 8.23. The van der Waals surface area contributed by atoms with E-state index in [1.165, 1.54) is 18.9 Å². The summed E-state index contributed by atoms with van der Waals surface area (Å²) in [6, 6.07) is 13.6. The van der Waals surface area contributed by atoms with E-state index in [9.17, 15) is 14.4 Å². The standard InChI is InChI=1S/C23H25N5O4S/c1-14-9-5-6-10-16(14)21(30)24-15(2)20-26-27-23(28(20)3)33-13-19(29)25-18-12-8-7-11-17(18)22(31)32-4/h5-12,15H,13H2,1-4H3,(H,24,30)(H,25,29)/t15-/m0/s1. The van der Waals surface area contributed by atoms with Gasteiger partial charge in [0, 0.05) is 12.6 Å². The maximum absolute atomic E-state index is 12.6. The molecule has 3 rings (SSSR count). The highest BCUT2D eigenvalue weighted by Crippen LogP contribution is 2.21. The molecule has 2 aromatic carbocycles. The van der Waals surface area contributed by atoms with Crippen LogP contribution < -0.4 is 10.6 Å². The average molecular weight is 468 g/mol. The van der Waals surface area contributed by atoms with Crippen LogP contribution in [-0.4, -0.2) is 45.4 Å². The molecular weight excluding hydrogens is 442 g/mol. The van der Waals surface area contributed by atoms with E-state index in [-0.39, 0.29) is 29.2 Å². The first kappa shape index (κ1) is 24.0. The van der Waals surface area contributed by atoms with Crippen LogP contribution in [0.3, 0.4) is 0 Å². The first-order valence-electron chi connectivity index (χ1n) is 10.2. The van der Waals surface area contributed by atoms with Gasteiger partial charge in [-0.2, -0.15) is 0 Å². The molecule has 0 spiro atoms. The van der Waals surface area contributed by atoms with Crippen LogP contribution in [0.2, 0.25) is 0 Å². The Labute approximate surface area is 195 Å². The Morgan fingerprint density at radius 2 is 1.73 bits per heavy atom. The van der Waals surface area contributed by atoms with Crippen molar-refractivity contribution in [3.8, 4) is 0 Å². The summed E-state index contributed by atoms with van der Waals surface area (Å²) in [7, 11) is 3.06. The van der Waals surface area contributed by atoms with Crippen molar-refractivity contribution in [3.63, 3.8) is 0 Å². The van der Waals surface area contributed by atoms with Crippen LogP contribution in [0.5, 0.6) is 0 Å². The number of benzene rings is 2. The number of aryl methyl sites for hydroxylation is 1. The van der Waals surface area contributed by atoms with E-state index in [1.54, 1.807) is 41.9 Å². The number of carbonyl (C=O) groups excluding carboxylic acids is 3. The molecule has 0 bridgehead atoms. The van der Waals surface area contributed by atoms with Crippen molar-refractivity contribution in [2.24, 2.45) is 7.05 Å². The van der Waals surface area contributed by atoms with Crippen molar-refractivity contribution < 1.29 is 19.1 Å². The van der Waals surface area contributed by atoms with Gasteiger partial charge in [-0.05, 0) is 37.6 Å². The van der Waals surface area contributed by atoms with Gasteiger partial charge in [-0.1, -0.05) is 42.1 Å². The van der Waals surface area contributed by atoms with Gasteiger partial charge in [0.1, 0.15) is 0 Å². The summed E-state index contributed by atoms with van der Waals surface area (Å²) in [5, 5.41) is 14.5. The van der Waals surface area contributed by atoms with Gasteiger partial charge in [-0.25, -0.2) is 4.79 Å². The molecule has 172 valence electrons. The number of nitrogens with one attached hydrogen (secondary N) is 2. The van der Waals surface area contributed by atoms with Crippen LogP contribution >= 0.6 is 11.8 Å². The third kappa shape index (κ3) is 5.78. The van der Waals surface area contributed by atoms with Crippen LogP contribution in [0.15, 0.2) is 53.7 Å². The lowest BCUT2D eigenvalue weighted by Gasteiger charge is -2.14. The predicted octanol–water partition coefficient (Wildman–Crippen LogP) is 3.13. The summed E-state index contributed by atoms with van der Waals surface area (Å²) in [6.07, 6.45) is 0. The Hall–Kier alpha value is -3.66. The molecule has 1 atom stereocenters. The summed E-state index contributed by atoms with van der Waals surface area (Å²) in [6.45, 7) is 3.70. The molecule has 0 fully saturated rings. The number of esters is 1. The summed E-state index contributed by atoms with van der Waals surface area (Å²) in [5.74, 6) is -0.400. The van der Waals surface area contributed by atoms with Crippen molar-refractivity contribution in [2.45, 2.75) is 25.0 Å². The van der Waals surface area contributed by atoms with Crippen LogP contribution in [-0.2, 0) is 16.6 Å². The molecule has 33 heavy (non-hydrogen) atoms. The third-order valence-corrected chi connectivity index (χ3v) is 5.95. The van der Waals surface area contributed by atoms with Crippen molar-refractivity contribution in [1.82, 2.24) is 20.1 Å². The fourth-order valence-electron chi connectivity index (χ4n) is 3.19. The molecule has 10 heteroatoms. The molecule has 2 amide bonds. The molecule has 0 saturated carbocycles. The van der Waals surface area contributed by atoms with Crippen molar-refractivity contribution in [3.05, 3.63) is 71.0 Å². The number of amides is 2. The minimum absolute atomic E-state index is 0.0609. The smallest absolute Gasteiger partial charge is 0.339 e. The highest BCUT2D eigenvalue weighted by atomic mass is 32.2. The predicted molar refractivity (Wildman–Crippen MR) is 125 cm³/mol. The van der Waals surface area contributed by atoms with Gasteiger partial charge >= 0.3 is 5.97 Å². The molecule has 9 nitrogen and oxygen atoms in total. The third-order valence-electron chi connectivity index (χ3n) is 4.93. The Balaban J connectivity index is 1.61. The lowest BCUT2D eigenvalue weighted by Crippen LogP contribution is -2.29. The van der Waals surface area contributed by atoms with Gasteiger partial charge in [-0.15, -0.1) is 10.2 Å². The van der Waals surface area contributed by atoms with E-state index >= 15 is 0 Å². The number of hydrogen-bond donors (Lipinski definition) is 2.